The molecule has 16 heavy (non-hydrogen) atoms. The molecule has 90 valence electrons. The second kappa shape index (κ2) is 6.27. The number of hydrogen-bond acceptors (Lipinski definition) is 3. The molecule has 0 bridgehead atoms. The number of aliphatic hydroxyl groups excluding tert-OH is 1. The number of aryl methyl sites for hydroxylation is 1. The summed E-state index contributed by atoms with van der Waals surface area (Å²) in [4.78, 5) is 11.7. The predicted octanol–water partition coefficient (Wildman–Crippen LogP) is 0.558. The van der Waals surface area contributed by atoms with Crippen LogP contribution in [0.2, 0.25) is 0 Å². The summed E-state index contributed by atoms with van der Waals surface area (Å²) in [7, 11) is 1.74. The fourth-order valence-corrected chi connectivity index (χ4v) is 1.56. The third-order valence-corrected chi connectivity index (χ3v) is 2.72. The van der Waals surface area contributed by atoms with Gasteiger partial charge in [0.05, 0.1) is 0 Å². The van der Waals surface area contributed by atoms with Crippen molar-refractivity contribution < 1.29 is 9.90 Å². The van der Waals surface area contributed by atoms with E-state index in [9.17, 15) is 4.79 Å². The van der Waals surface area contributed by atoms with Crippen molar-refractivity contribution in [3.05, 3.63) is 18.0 Å². The first-order valence-corrected chi connectivity index (χ1v) is 5.56. The minimum atomic E-state index is -0.114. The van der Waals surface area contributed by atoms with E-state index in [-0.39, 0.29) is 12.5 Å². The molecule has 0 saturated heterocycles. The second-order valence-corrected chi connectivity index (χ2v) is 3.84. The van der Waals surface area contributed by atoms with Crippen LogP contribution >= 0.6 is 0 Å². The molecule has 2 N–H and O–H groups in total. The van der Waals surface area contributed by atoms with Crippen LogP contribution in [0.15, 0.2) is 12.3 Å². The van der Waals surface area contributed by atoms with Crippen molar-refractivity contribution in [3.63, 3.8) is 0 Å². The number of carbonyl (C=O) groups is 1. The van der Waals surface area contributed by atoms with E-state index in [1.165, 1.54) is 0 Å². The average Bonchev–Trinajstić information content (AvgIpc) is 2.70. The molecule has 0 aliphatic carbocycles. The fraction of sp³-hybridized carbons (Fsp3) is 0.636. The third-order valence-electron chi connectivity index (χ3n) is 2.72. The number of nitrogens with one attached hydrogen (secondary N) is 1. The van der Waals surface area contributed by atoms with Gasteiger partial charge in [-0.1, -0.05) is 13.3 Å². The largest absolute Gasteiger partial charge is 0.396 e. The molecular weight excluding hydrogens is 206 g/mol. The number of nitrogens with zero attached hydrogens (tertiary/aromatic N) is 2. The van der Waals surface area contributed by atoms with Gasteiger partial charge in [0.1, 0.15) is 5.69 Å². The summed E-state index contributed by atoms with van der Waals surface area (Å²) in [6.45, 7) is 2.82. The summed E-state index contributed by atoms with van der Waals surface area (Å²) in [5, 5.41) is 15.6. The topological polar surface area (TPSA) is 67.2 Å². The highest BCUT2D eigenvalue weighted by molar-refractivity contribution is 5.92. The Morgan fingerprint density at radius 2 is 2.44 bits per heavy atom. The molecule has 1 rings (SSSR count). The van der Waals surface area contributed by atoms with Crippen molar-refractivity contribution >= 4 is 5.91 Å². The molecule has 5 heteroatoms. The molecule has 0 spiro atoms. The van der Waals surface area contributed by atoms with Crippen LogP contribution in [0.3, 0.4) is 0 Å². The van der Waals surface area contributed by atoms with Crippen LogP contribution in [0.1, 0.15) is 30.3 Å². The summed E-state index contributed by atoms with van der Waals surface area (Å²) < 4.78 is 1.54. The Hall–Kier alpha value is -1.36. The highest BCUT2D eigenvalue weighted by atomic mass is 16.3. The highest BCUT2D eigenvalue weighted by Gasteiger charge is 2.11. The molecule has 0 aromatic carbocycles. The second-order valence-electron chi connectivity index (χ2n) is 3.84. The van der Waals surface area contributed by atoms with Crippen molar-refractivity contribution in [2.24, 2.45) is 13.0 Å². The van der Waals surface area contributed by atoms with Crippen LogP contribution in [-0.2, 0) is 7.05 Å². The number of amides is 1. The molecule has 1 aromatic heterocycles. The monoisotopic (exact) mass is 225 g/mol. The lowest BCUT2D eigenvalue weighted by Crippen LogP contribution is -2.30. The van der Waals surface area contributed by atoms with E-state index in [4.69, 9.17) is 5.11 Å². The SMILES string of the molecule is CCC(CCO)CNC(=O)c1ccnn1C. The molecule has 1 unspecified atom stereocenters. The van der Waals surface area contributed by atoms with Gasteiger partial charge in [0.2, 0.25) is 0 Å². The van der Waals surface area contributed by atoms with E-state index in [1.54, 1.807) is 24.0 Å². The summed E-state index contributed by atoms with van der Waals surface area (Å²) in [5.74, 6) is 0.221. The molecule has 0 radical (unpaired) electrons. The number of aromatic nitrogens is 2. The van der Waals surface area contributed by atoms with Crippen LogP contribution in [0.4, 0.5) is 0 Å². The van der Waals surface area contributed by atoms with Gasteiger partial charge in [0.15, 0.2) is 0 Å². The van der Waals surface area contributed by atoms with Crippen molar-refractivity contribution in [1.82, 2.24) is 15.1 Å². The smallest absolute Gasteiger partial charge is 0.269 e. The maximum absolute atomic E-state index is 11.7. The zero-order chi connectivity index (χ0) is 12.0. The first-order valence-electron chi connectivity index (χ1n) is 5.56. The zero-order valence-corrected chi connectivity index (χ0v) is 9.81. The van der Waals surface area contributed by atoms with E-state index in [0.717, 1.165) is 12.8 Å². The van der Waals surface area contributed by atoms with E-state index in [0.29, 0.717) is 18.2 Å². The Labute approximate surface area is 95.5 Å². The summed E-state index contributed by atoms with van der Waals surface area (Å²) in [5.41, 5.74) is 0.554. The normalized spacial score (nSPS) is 12.4. The highest BCUT2D eigenvalue weighted by Crippen LogP contribution is 2.06. The van der Waals surface area contributed by atoms with E-state index in [1.807, 2.05) is 0 Å². The predicted molar refractivity (Wildman–Crippen MR) is 61.0 cm³/mol. The lowest BCUT2D eigenvalue weighted by atomic mass is 10.0. The summed E-state index contributed by atoms with van der Waals surface area (Å²) in [6.07, 6.45) is 3.27. The van der Waals surface area contributed by atoms with Crippen molar-refractivity contribution in [3.8, 4) is 0 Å². The molecule has 0 aliphatic heterocycles. The molecule has 0 fully saturated rings. The van der Waals surface area contributed by atoms with Gasteiger partial charge in [0.25, 0.3) is 5.91 Å². The molecule has 1 heterocycles. The van der Waals surface area contributed by atoms with Crippen molar-refractivity contribution in [1.29, 1.82) is 0 Å². The molecule has 0 aliphatic rings. The minimum absolute atomic E-state index is 0.114. The number of carbonyl (C=O) groups excluding carboxylic acids is 1. The van der Waals surface area contributed by atoms with E-state index >= 15 is 0 Å². The van der Waals surface area contributed by atoms with Crippen LogP contribution in [0, 0.1) is 5.92 Å². The van der Waals surface area contributed by atoms with Crippen molar-refractivity contribution in [2.45, 2.75) is 19.8 Å². The Bertz CT molecular complexity index is 336. The van der Waals surface area contributed by atoms with Gasteiger partial charge in [-0.2, -0.15) is 5.10 Å². The maximum Gasteiger partial charge on any atom is 0.269 e. The molecular formula is C11H19N3O2. The molecule has 0 saturated carbocycles. The zero-order valence-electron chi connectivity index (χ0n) is 9.81. The van der Waals surface area contributed by atoms with E-state index < -0.39 is 0 Å². The Balaban J connectivity index is 2.43. The first kappa shape index (κ1) is 12.7. The van der Waals surface area contributed by atoms with Gasteiger partial charge in [-0.15, -0.1) is 0 Å². The number of aliphatic hydroxyl groups is 1. The van der Waals surface area contributed by atoms with Gasteiger partial charge in [0, 0.05) is 26.4 Å². The van der Waals surface area contributed by atoms with Crippen LogP contribution < -0.4 is 5.32 Å². The lowest BCUT2D eigenvalue weighted by molar-refractivity contribution is 0.0934. The minimum Gasteiger partial charge on any atom is -0.396 e. The van der Waals surface area contributed by atoms with Crippen LogP contribution in [-0.4, -0.2) is 33.9 Å². The number of hydrogen-bond donors (Lipinski definition) is 2. The Kier molecular flexibility index (Phi) is 4.98. The van der Waals surface area contributed by atoms with Gasteiger partial charge in [-0.05, 0) is 18.4 Å². The summed E-state index contributed by atoms with van der Waals surface area (Å²) in [6, 6.07) is 1.68. The van der Waals surface area contributed by atoms with E-state index in [2.05, 4.69) is 17.3 Å². The van der Waals surface area contributed by atoms with Gasteiger partial charge >= 0.3 is 0 Å². The molecule has 5 nitrogen and oxygen atoms in total. The Morgan fingerprint density at radius 3 is 2.94 bits per heavy atom. The Morgan fingerprint density at radius 1 is 1.69 bits per heavy atom. The standard InChI is InChI=1S/C11H19N3O2/c1-3-9(5-7-15)8-12-11(16)10-4-6-13-14(10)2/h4,6,9,15H,3,5,7-8H2,1-2H3,(H,12,16). The molecule has 1 amide bonds. The average molecular weight is 225 g/mol. The quantitative estimate of drug-likeness (QED) is 0.743. The van der Waals surface area contributed by atoms with Gasteiger partial charge in [-0.3, -0.25) is 9.48 Å². The van der Waals surface area contributed by atoms with Gasteiger partial charge in [-0.25, -0.2) is 0 Å². The van der Waals surface area contributed by atoms with Gasteiger partial charge < -0.3 is 10.4 Å². The fourth-order valence-electron chi connectivity index (χ4n) is 1.56. The summed E-state index contributed by atoms with van der Waals surface area (Å²) >= 11 is 0. The van der Waals surface area contributed by atoms with Crippen LogP contribution in [0.25, 0.3) is 0 Å². The lowest BCUT2D eigenvalue weighted by Gasteiger charge is -2.14. The number of rotatable bonds is 6. The maximum atomic E-state index is 11.7. The first-order chi connectivity index (χ1) is 7.69. The van der Waals surface area contributed by atoms with Crippen LogP contribution in [0.5, 0.6) is 0 Å². The van der Waals surface area contributed by atoms with Crippen molar-refractivity contribution in [2.75, 3.05) is 13.2 Å². The molecule has 1 atom stereocenters. The molecule has 1 aromatic rings. The third kappa shape index (κ3) is 3.34.